The Bertz CT molecular complexity index is 437. The zero-order chi connectivity index (χ0) is 10.2. The second kappa shape index (κ2) is 3.03. The second-order valence-corrected chi connectivity index (χ2v) is 3.64. The van der Waals surface area contributed by atoms with Crippen LogP contribution in [0.2, 0.25) is 0 Å². The van der Waals surface area contributed by atoms with Crippen LogP contribution >= 0.6 is 0 Å². The standard InChI is InChI=1S/C11H12O3/c1-11(2,12)14-10-5-3-4-9-8(10)6-7-13-9/h3-7,12H,1-2H3. The molecule has 0 radical (unpaired) electrons. The molecule has 0 saturated heterocycles. The zero-order valence-electron chi connectivity index (χ0n) is 8.15. The molecule has 3 heteroatoms. The van der Waals surface area contributed by atoms with Gasteiger partial charge in [0.25, 0.3) is 0 Å². The van der Waals surface area contributed by atoms with Crippen molar-refractivity contribution in [3.63, 3.8) is 0 Å². The van der Waals surface area contributed by atoms with Gasteiger partial charge in [0.15, 0.2) is 0 Å². The molecule has 0 bridgehead atoms. The molecule has 0 aliphatic heterocycles. The number of hydrogen-bond acceptors (Lipinski definition) is 3. The van der Waals surface area contributed by atoms with Crippen LogP contribution in [0.5, 0.6) is 5.75 Å². The summed E-state index contributed by atoms with van der Waals surface area (Å²) < 4.78 is 10.6. The van der Waals surface area contributed by atoms with Crippen molar-refractivity contribution in [1.29, 1.82) is 0 Å². The lowest BCUT2D eigenvalue weighted by Crippen LogP contribution is -2.26. The summed E-state index contributed by atoms with van der Waals surface area (Å²) in [6, 6.07) is 7.30. The number of ether oxygens (including phenoxy) is 1. The summed E-state index contributed by atoms with van der Waals surface area (Å²) in [7, 11) is 0. The number of hydrogen-bond donors (Lipinski definition) is 1. The van der Waals surface area contributed by atoms with Crippen molar-refractivity contribution in [3.05, 3.63) is 30.5 Å². The van der Waals surface area contributed by atoms with Crippen molar-refractivity contribution in [1.82, 2.24) is 0 Å². The lowest BCUT2D eigenvalue weighted by Gasteiger charge is -2.19. The maximum Gasteiger partial charge on any atom is 0.202 e. The summed E-state index contributed by atoms with van der Waals surface area (Å²) in [6.45, 7) is 3.18. The summed E-state index contributed by atoms with van der Waals surface area (Å²) in [5.41, 5.74) is 0.756. The molecule has 1 heterocycles. The van der Waals surface area contributed by atoms with Gasteiger partial charge in [-0.15, -0.1) is 0 Å². The molecule has 0 aliphatic rings. The van der Waals surface area contributed by atoms with E-state index in [-0.39, 0.29) is 0 Å². The molecule has 74 valence electrons. The fourth-order valence-corrected chi connectivity index (χ4v) is 1.32. The van der Waals surface area contributed by atoms with Gasteiger partial charge < -0.3 is 14.3 Å². The molecule has 1 N–H and O–H groups in total. The molecule has 2 rings (SSSR count). The van der Waals surface area contributed by atoms with Gasteiger partial charge in [-0.25, -0.2) is 0 Å². The minimum Gasteiger partial charge on any atom is -0.464 e. The topological polar surface area (TPSA) is 42.6 Å². The molecule has 3 nitrogen and oxygen atoms in total. The lowest BCUT2D eigenvalue weighted by molar-refractivity contribution is -0.103. The molecule has 0 saturated carbocycles. The minimum atomic E-state index is -1.18. The molecule has 0 spiro atoms. The first-order valence-corrected chi connectivity index (χ1v) is 4.44. The van der Waals surface area contributed by atoms with E-state index in [0.29, 0.717) is 5.75 Å². The predicted molar refractivity (Wildman–Crippen MR) is 53.1 cm³/mol. The summed E-state index contributed by atoms with van der Waals surface area (Å²) in [5, 5.41) is 10.4. The molecule has 14 heavy (non-hydrogen) atoms. The largest absolute Gasteiger partial charge is 0.464 e. The first kappa shape index (κ1) is 9.09. The van der Waals surface area contributed by atoms with Crippen LogP contribution in [0.15, 0.2) is 34.9 Å². The fourth-order valence-electron chi connectivity index (χ4n) is 1.32. The fraction of sp³-hybridized carbons (Fsp3) is 0.273. The molecule has 0 amide bonds. The number of fused-ring (bicyclic) bond motifs is 1. The molecule has 1 aromatic heterocycles. The Labute approximate surface area is 81.9 Å². The van der Waals surface area contributed by atoms with Gasteiger partial charge in [-0.05, 0) is 18.2 Å². The average Bonchev–Trinajstić information content (AvgIpc) is 2.49. The van der Waals surface area contributed by atoms with Gasteiger partial charge in [0.1, 0.15) is 11.3 Å². The Kier molecular flexibility index (Phi) is 1.97. The van der Waals surface area contributed by atoms with Crippen LogP contribution in [0.25, 0.3) is 11.0 Å². The molecule has 0 fully saturated rings. The van der Waals surface area contributed by atoms with Gasteiger partial charge in [-0.3, -0.25) is 0 Å². The number of benzene rings is 1. The molecule has 2 aromatic rings. The Morgan fingerprint density at radius 1 is 1.29 bits per heavy atom. The predicted octanol–water partition coefficient (Wildman–Crippen LogP) is 2.54. The summed E-state index contributed by atoms with van der Waals surface area (Å²) in [5.74, 6) is -0.547. The lowest BCUT2D eigenvalue weighted by atomic mass is 10.2. The van der Waals surface area contributed by atoms with E-state index in [1.54, 1.807) is 26.2 Å². The highest BCUT2D eigenvalue weighted by Crippen LogP contribution is 2.28. The average molecular weight is 192 g/mol. The second-order valence-electron chi connectivity index (χ2n) is 3.64. The van der Waals surface area contributed by atoms with Crippen LogP contribution in [-0.2, 0) is 0 Å². The van der Waals surface area contributed by atoms with Crippen LogP contribution in [0, 0.1) is 0 Å². The number of rotatable bonds is 2. The number of aliphatic hydroxyl groups is 1. The Hall–Kier alpha value is -1.48. The highest BCUT2D eigenvalue weighted by molar-refractivity contribution is 5.83. The van der Waals surface area contributed by atoms with E-state index in [9.17, 15) is 5.11 Å². The minimum absolute atomic E-state index is 0.628. The SMILES string of the molecule is CC(C)(O)Oc1cccc2occc12. The smallest absolute Gasteiger partial charge is 0.202 e. The first-order valence-electron chi connectivity index (χ1n) is 4.44. The third-order valence-corrected chi connectivity index (χ3v) is 1.82. The summed E-state index contributed by atoms with van der Waals surface area (Å²) in [6.07, 6.45) is 1.60. The summed E-state index contributed by atoms with van der Waals surface area (Å²) >= 11 is 0. The summed E-state index contributed by atoms with van der Waals surface area (Å²) in [4.78, 5) is 0. The molecule has 0 unspecified atom stereocenters. The van der Waals surface area contributed by atoms with Gasteiger partial charge in [0, 0.05) is 13.8 Å². The van der Waals surface area contributed by atoms with E-state index in [1.807, 2.05) is 18.2 Å². The van der Waals surface area contributed by atoms with Gasteiger partial charge in [0.2, 0.25) is 5.79 Å². The van der Waals surface area contributed by atoms with Gasteiger partial charge in [-0.2, -0.15) is 0 Å². The van der Waals surface area contributed by atoms with Gasteiger partial charge in [-0.1, -0.05) is 6.07 Å². The van der Waals surface area contributed by atoms with Gasteiger partial charge in [0.05, 0.1) is 11.6 Å². The normalized spacial score (nSPS) is 11.9. The molecule has 1 aromatic carbocycles. The van der Waals surface area contributed by atoms with Crippen LogP contribution in [-0.4, -0.2) is 10.9 Å². The number of furan rings is 1. The van der Waals surface area contributed by atoms with E-state index in [1.165, 1.54) is 0 Å². The molecular weight excluding hydrogens is 180 g/mol. The third kappa shape index (κ3) is 1.72. The van der Waals surface area contributed by atoms with Gasteiger partial charge >= 0.3 is 0 Å². The third-order valence-electron chi connectivity index (χ3n) is 1.82. The highest BCUT2D eigenvalue weighted by Gasteiger charge is 2.16. The maximum absolute atomic E-state index is 9.52. The van der Waals surface area contributed by atoms with E-state index in [2.05, 4.69) is 0 Å². The first-order chi connectivity index (χ1) is 6.56. The highest BCUT2D eigenvalue weighted by atomic mass is 16.6. The zero-order valence-corrected chi connectivity index (χ0v) is 8.15. The Morgan fingerprint density at radius 3 is 2.79 bits per heavy atom. The van der Waals surface area contributed by atoms with E-state index in [4.69, 9.17) is 9.15 Å². The van der Waals surface area contributed by atoms with Crippen molar-refractivity contribution >= 4 is 11.0 Å². The maximum atomic E-state index is 9.52. The van der Waals surface area contributed by atoms with Crippen LogP contribution in [0.1, 0.15) is 13.8 Å². The van der Waals surface area contributed by atoms with Crippen molar-refractivity contribution in [2.75, 3.05) is 0 Å². The van der Waals surface area contributed by atoms with E-state index < -0.39 is 5.79 Å². The Morgan fingerprint density at radius 2 is 2.07 bits per heavy atom. The van der Waals surface area contributed by atoms with Crippen LogP contribution in [0.3, 0.4) is 0 Å². The van der Waals surface area contributed by atoms with Crippen molar-refractivity contribution in [3.8, 4) is 5.75 Å². The van der Waals surface area contributed by atoms with E-state index in [0.717, 1.165) is 11.0 Å². The monoisotopic (exact) mass is 192 g/mol. The Balaban J connectivity index is 2.46. The van der Waals surface area contributed by atoms with Crippen molar-refractivity contribution in [2.45, 2.75) is 19.6 Å². The quantitative estimate of drug-likeness (QED) is 0.743. The van der Waals surface area contributed by atoms with E-state index >= 15 is 0 Å². The van der Waals surface area contributed by atoms with Crippen LogP contribution in [0.4, 0.5) is 0 Å². The molecule has 0 atom stereocenters. The van der Waals surface area contributed by atoms with Crippen molar-refractivity contribution in [2.24, 2.45) is 0 Å². The van der Waals surface area contributed by atoms with Crippen LogP contribution < -0.4 is 4.74 Å². The molecule has 0 aliphatic carbocycles. The van der Waals surface area contributed by atoms with Crippen molar-refractivity contribution < 1.29 is 14.3 Å². The molecular formula is C11H12O3.